The minimum atomic E-state index is 0.332. The summed E-state index contributed by atoms with van der Waals surface area (Å²) in [6.07, 6.45) is 2.63. The van der Waals surface area contributed by atoms with Gasteiger partial charge in [0.05, 0.1) is 6.10 Å². The minimum Gasteiger partial charge on any atom is -0.382 e. The summed E-state index contributed by atoms with van der Waals surface area (Å²) in [5.41, 5.74) is 1.99. The number of hydrogen-bond donors (Lipinski definition) is 2. The van der Waals surface area contributed by atoms with Crippen LogP contribution in [0.25, 0.3) is 11.4 Å². The van der Waals surface area contributed by atoms with Crippen LogP contribution in [-0.2, 0) is 4.74 Å². The number of ether oxygens (including phenoxy) is 1. The number of nitrogens with one attached hydrogen (secondary N) is 2. The number of anilines is 1. The fraction of sp³-hybridized carbons (Fsp3) is 0.417. The first kappa shape index (κ1) is 11.2. The molecule has 1 aromatic carbocycles. The molecule has 1 saturated heterocycles. The number of tetrazole rings is 1. The van der Waals surface area contributed by atoms with Gasteiger partial charge in [0.1, 0.15) is 0 Å². The number of rotatable bonds is 4. The minimum absolute atomic E-state index is 0.332. The van der Waals surface area contributed by atoms with E-state index in [0.717, 1.165) is 37.2 Å². The SMILES string of the molecule is c1cc(NCC2CCCO2)cc(-c2nn[nH]n2)c1. The standard InChI is InChI=1S/C12H15N5O/c1-3-9(12-14-16-17-15-12)7-10(4-1)13-8-11-5-2-6-18-11/h1,3-4,7,11,13H,2,5-6,8H2,(H,14,15,16,17). The second-order valence-electron chi connectivity index (χ2n) is 4.33. The Kier molecular flexibility index (Phi) is 3.18. The van der Waals surface area contributed by atoms with Crippen molar-refractivity contribution in [2.75, 3.05) is 18.5 Å². The highest BCUT2D eigenvalue weighted by atomic mass is 16.5. The number of aromatic nitrogens is 4. The predicted octanol–water partition coefficient (Wildman–Crippen LogP) is 1.46. The summed E-state index contributed by atoms with van der Waals surface area (Å²) in [6.45, 7) is 1.73. The Morgan fingerprint density at radius 2 is 2.44 bits per heavy atom. The van der Waals surface area contributed by atoms with Crippen LogP contribution in [0.5, 0.6) is 0 Å². The topological polar surface area (TPSA) is 75.7 Å². The zero-order valence-corrected chi connectivity index (χ0v) is 9.97. The largest absolute Gasteiger partial charge is 0.382 e. The second kappa shape index (κ2) is 5.14. The summed E-state index contributed by atoms with van der Waals surface area (Å²) < 4.78 is 5.57. The molecule has 0 bridgehead atoms. The molecular weight excluding hydrogens is 230 g/mol. The maximum Gasteiger partial charge on any atom is 0.204 e. The molecule has 0 saturated carbocycles. The summed E-state index contributed by atoms with van der Waals surface area (Å²) >= 11 is 0. The van der Waals surface area contributed by atoms with Gasteiger partial charge in [0.25, 0.3) is 0 Å². The molecule has 0 spiro atoms. The highest BCUT2D eigenvalue weighted by Crippen LogP contribution is 2.19. The van der Waals surface area contributed by atoms with Crippen LogP contribution < -0.4 is 5.32 Å². The number of nitrogens with zero attached hydrogens (tertiary/aromatic N) is 3. The van der Waals surface area contributed by atoms with Crippen molar-refractivity contribution in [1.82, 2.24) is 20.6 Å². The molecule has 1 aromatic heterocycles. The average Bonchev–Trinajstić information content (AvgIpc) is 3.10. The molecular formula is C12H15N5O. The lowest BCUT2D eigenvalue weighted by Crippen LogP contribution is -2.18. The van der Waals surface area contributed by atoms with E-state index in [1.54, 1.807) is 0 Å². The molecule has 0 amide bonds. The lowest BCUT2D eigenvalue weighted by molar-refractivity contribution is 0.120. The molecule has 1 aliphatic heterocycles. The van der Waals surface area contributed by atoms with Gasteiger partial charge in [0, 0.05) is 24.4 Å². The molecule has 1 aliphatic rings. The molecule has 2 N–H and O–H groups in total. The molecule has 1 atom stereocenters. The first-order chi connectivity index (χ1) is 8.92. The molecule has 3 rings (SSSR count). The average molecular weight is 245 g/mol. The Labute approximate surface area is 105 Å². The van der Waals surface area contributed by atoms with Crippen LogP contribution in [0.1, 0.15) is 12.8 Å². The van der Waals surface area contributed by atoms with Gasteiger partial charge < -0.3 is 10.1 Å². The first-order valence-corrected chi connectivity index (χ1v) is 6.11. The van der Waals surface area contributed by atoms with Crippen molar-refractivity contribution in [3.05, 3.63) is 24.3 Å². The van der Waals surface area contributed by atoms with E-state index in [-0.39, 0.29) is 0 Å². The van der Waals surface area contributed by atoms with E-state index in [9.17, 15) is 0 Å². The molecule has 1 fully saturated rings. The summed E-state index contributed by atoms with van der Waals surface area (Å²) in [6, 6.07) is 7.98. The summed E-state index contributed by atoms with van der Waals surface area (Å²) in [4.78, 5) is 0. The zero-order valence-electron chi connectivity index (χ0n) is 9.97. The van der Waals surface area contributed by atoms with Crippen LogP contribution >= 0.6 is 0 Å². The number of H-pyrrole nitrogens is 1. The highest BCUT2D eigenvalue weighted by Gasteiger charge is 2.14. The van der Waals surface area contributed by atoms with Crippen LogP contribution in [0.2, 0.25) is 0 Å². The molecule has 0 radical (unpaired) electrons. The fourth-order valence-electron chi connectivity index (χ4n) is 2.09. The third-order valence-electron chi connectivity index (χ3n) is 3.02. The summed E-state index contributed by atoms with van der Waals surface area (Å²) in [5, 5.41) is 17.3. The van der Waals surface area contributed by atoms with Crippen LogP contribution in [0.3, 0.4) is 0 Å². The van der Waals surface area contributed by atoms with Crippen LogP contribution in [0.4, 0.5) is 5.69 Å². The maximum atomic E-state index is 5.57. The van der Waals surface area contributed by atoms with Crippen LogP contribution in [0, 0.1) is 0 Å². The predicted molar refractivity (Wildman–Crippen MR) is 67.1 cm³/mol. The first-order valence-electron chi connectivity index (χ1n) is 6.11. The Hall–Kier alpha value is -1.95. The van der Waals surface area contributed by atoms with E-state index in [1.807, 2.05) is 24.3 Å². The maximum absolute atomic E-state index is 5.57. The van der Waals surface area contributed by atoms with Crippen molar-refractivity contribution >= 4 is 5.69 Å². The van der Waals surface area contributed by atoms with Crippen molar-refractivity contribution in [3.8, 4) is 11.4 Å². The van der Waals surface area contributed by atoms with Crippen molar-refractivity contribution in [1.29, 1.82) is 0 Å². The Bertz CT molecular complexity index is 493. The number of hydrogen-bond acceptors (Lipinski definition) is 5. The molecule has 6 heteroatoms. The molecule has 2 heterocycles. The number of benzene rings is 1. The monoisotopic (exact) mass is 245 g/mol. The Morgan fingerprint density at radius 1 is 1.44 bits per heavy atom. The molecule has 2 aromatic rings. The third kappa shape index (κ3) is 2.48. The molecule has 94 valence electrons. The number of aromatic amines is 1. The normalized spacial score (nSPS) is 19.0. The van der Waals surface area contributed by atoms with Gasteiger partial charge in [-0.15, -0.1) is 10.2 Å². The van der Waals surface area contributed by atoms with Crippen molar-refractivity contribution < 1.29 is 4.74 Å². The van der Waals surface area contributed by atoms with Gasteiger partial charge in [-0.05, 0) is 30.2 Å². The Balaban J connectivity index is 1.67. The van der Waals surface area contributed by atoms with Gasteiger partial charge in [0.2, 0.25) is 5.82 Å². The van der Waals surface area contributed by atoms with Gasteiger partial charge in [-0.1, -0.05) is 12.1 Å². The van der Waals surface area contributed by atoms with Crippen molar-refractivity contribution in [2.24, 2.45) is 0 Å². The quantitative estimate of drug-likeness (QED) is 0.852. The lowest BCUT2D eigenvalue weighted by Gasteiger charge is -2.12. The third-order valence-corrected chi connectivity index (χ3v) is 3.02. The van der Waals surface area contributed by atoms with Gasteiger partial charge in [0.15, 0.2) is 0 Å². The van der Waals surface area contributed by atoms with Gasteiger partial charge in [-0.25, -0.2) is 0 Å². The summed E-state index contributed by atoms with van der Waals surface area (Å²) in [7, 11) is 0. The van der Waals surface area contributed by atoms with E-state index in [1.165, 1.54) is 0 Å². The molecule has 18 heavy (non-hydrogen) atoms. The highest BCUT2D eigenvalue weighted by molar-refractivity contribution is 5.61. The fourth-order valence-corrected chi connectivity index (χ4v) is 2.09. The van der Waals surface area contributed by atoms with Crippen LogP contribution in [0.15, 0.2) is 24.3 Å². The van der Waals surface area contributed by atoms with Gasteiger partial charge >= 0.3 is 0 Å². The van der Waals surface area contributed by atoms with Gasteiger partial charge in [-0.3, -0.25) is 0 Å². The molecule has 0 aliphatic carbocycles. The molecule has 1 unspecified atom stereocenters. The zero-order chi connectivity index (χ0) is 12.2. The van der Waals surface area contributed by atoms with Crippen molar-refractivity contribution in [3.63, 3.8) is 0 Å². The van der Waals surface area contributed by atoms with E-state index in [0.29, 0.717) is 11.9 Å². The summed E-state index contributed by atoms with van der Waals surface area (Å²) in [5.74, 6) is 0.607. The lowest BCUT2D eigenvalue weighted by atomic mass is 10.2. The van der Waals surface area contributed by atoms with E-state index in [4.69, 9.17) is 4.74 Å². The van der Waals surface area contributed by atoms with E-state index in [2.05, 4.69) is 25.9 Å². The van der Waals surface area contributed by atoms with E-state index < -0.39 is 0 Å². The molecule has 6 nitrogen and oxygen atoms in total. The van der Waals surface area contributed by atoms with E-state index >= 15 is 0 Å². The smallest absolute Gasteiger partial charge is 0.204 e. The van der Waals surface area contributed by atoms with Gasteiger partial charge in [-0.2, -0.15) is 5.21 Å². The Morgan fingerprint density at radius 3 is 3.22 bits per heavy atom. The second-order valence-corrected chi connectivity index (χ2v) is 4.33. The van der Waals surface area contributed by atoms with Crippen LogP contribution in [-0.4, -0.2) is 39.9 Å². The van der Waals surface area contributed by atoms with Crippen molar-refractivity contribution in [2.45, 2.75) is 18.9 Å².